The monoisotopic (exact) mass is 290 g/mol. The van der Waals surface area contributed by atoms with Crippen LogP contribution in [0.25, 0.3) is 0 Å². The predicted molar refractivity (Wildman–Crippen MR) is 80.5 cm³/mol. The number of hydrogen-bond acceptors (Lipinski definition) is 2. The predicted octanol–water partition coefficient (Wildman–Crippen LogP) is 2.37. The Morgan fingerprint density at radius 1 is 1.33 bits per heavy atom. The molecule has 0 radical (unpaired) electrons. The minimum atomic E-state index is -0.928. The molecule has 0 bridgehead atoms. The van der Waals surface area contributed by atoms with E-state index >= 15 is 0 Å². The fourth-order valence-corrected chi connectivity index (χ4v) is 2.40. The lowest BCUT2D eigenvalue weighted by Crippen LogP contribution is -2.41. The van der Waals surface area contributed by atoms with Gasteiger partial charge in [-0.15, -0.1) is 0 Å². The minimum absolute atomic E-state index is 0.0882. The standard InChI is InChI=1S/C16H22N2O3/c1-18(16(21)17-11-12-5-4-6-12)10-9-13-7-2-3-8-14(13)15(19)20/h2-3,7-8,12H,4-6,9-11H2,1H3,(H,17,21)(H,19,20). The zero-order valence-electron chi connectivity index (χ0n) is 12.3. The molecule has 0 atom stereocenters. The molecule has 5 nitrogen and oxygen atoms in total. The van der Waals surface area contributed by atoms with E-state index in [1.807, 2.05) is 6.07 Å². The summed E-state index contributed by atoms with van der Waals surface area (Å²) in [4.78, 5) is 24.7. The van der Waals surface area contributed by atoms with Crippen molar-refractivity contribution in [1.29, 1.82) is 0 Å². The summed E-state index contributed by atoms with van der Waals surface area (Å²) in [5, 5.41) is 12.1. The lowest BCUT2D eigenvalue weighted by atomic mass is 9.85. The first kappa shape index (κ1) is 15.4. The molecule has 0 heterocycles. The molecule has 2 amide bonds. The van der Waals surface area contributed by atoms with Gasteiger partial charge < -0.3 is 15.3 Å². The number of rotatable bonds is 6. The van der Waals surface area contributed by atoms with Crippen molar-refractivity contribution in [2.75, 3.05) is 20.1 Å². The Bertz CT molecular complexity index is 512. The topological polar surface area (TPSA) is 69.6 Å². The van der Waals surface area contributed by atoms with Crippen LogP contribution in [-0.2, 0) is 6.42 Å². The van der Waals surface area contributed by atoms with E-state index in [0.717, 1.165) is 12.1 Å². The molecular formula is C16H22N2O3. The van der Waals surface area contributed by atoms with E-state index in [-0.39, 0.29) is 6.03 Å². The highest BCUT2D eigenvalue weighted by atomic mass is 16.4. The van der Waals surface area contributed by atoms with Gasteiger partial charge in [0.25, 0.3) is 0 Å². The number of nitrogens with one attached hydrogen (secondary N) is 1. The average molecular weight is 290 g/mol. The molecule has 1 fully saturated rings. The first-order valence-corrected chi connectivity index (χ1v) is 7.38. The summed E-state index contributed by atoms with van der Waals surface area (Å²) in [5.41, 5.74) is 1.06. The lowest BCUT2D eigenvalue weighted by Gasteiger charge is -2.27. The van der Waals surface area contributed by atoms with Crippen LogP contribution in [0, 0.1) is 5.92 Å². The highest BCUT2D eigenvalue weighted by Crippen LogP contribution is 2.25. The summed E-state index contributed by atoms with van der Waals surface area (Å²) in [6.07, 6.45) is 4.21. The maximum absolute atomic E-state index is 11.9. The maximum atomic E-state index is 11.9. The summed E-state index contributed by atoms with van der Waals surface area (Å²) in [6, 6.07) is 6.83. The van der Waals surface area contributed by atoms with Crippen molar-refractivity contribution in [3.8, 4) is 0 Å². The van der Waals surface area contributed by atoms with Gasteiger partial charge in [-0.3, -0.25) is 0 Å². The molecule has 1 aliphatic rings. The molecule has 1 aliphatic carbocycles. The largest absolute Gasteiger partial charge is 0.478 e. The van der Waals surface area contributed by atoms with Crippen molar-refractivity contribution in [3.05, 3.63) is 35.4 Å². The molecule has 0 aliphatic heterocycles. The molecule has 1 saturated carbocycles. The zero-order chi connectivity index (χ0) is 15.2. The van der Waals surface area contributed by atoms with Gasteiger partial charge in [-0.2, -0.15) is 0 Å². The van der Waals surface area contributed by atoms with Crippen molar-refractivity contribution >= 4 is 12.0 Å². The molecule has 2 rings (SSSR count). The molecule has 0 spiro atoms. The summed E-state index contributed by atoms with van der Waals surface area (Å²) < 4.78 is 0. The van der Waals surface area contributed by atoms with Gasteiger partial charge in [0.15, 0.2) is 0 Å². The number of amides is 2. The Morgan fingerprint density at radius 2 is 2.05 bits per heavy atom. The van der Waals surface area contributed by atoms with Crippen LogP contribution < -0.4 is 5.32 Å². The summed E-state index contributed by atoms with van der Waals surface area (Å²) in [7, 11) is 1.74. The van der Waals surface area contributed by atoms with Gasteiger partial charge in [0.1, 0.15) is 0 Å². The molecule has 114 valence electrons. The number of carboxylic acids is 1. The van der Waals surface area contributed by atoms with Gasteiger partial charge in [-0.25, -0.2) is 9.59 Å². The van der Waals surface area contributed by atoms with Gasteiger partial charge in [0.2, 0.25) is 0 Å². The summed E-state index contributed by atoms with van der Waals surface area (Å²) in [5.74, 6) is -0.294. The summed E-state index contributed by atoms with van der Waals surface area (Å²) in [6.45, 7) is 1.25. The van der Waals surface area contributed by atoms with E-state index in [1.165, 1.54) is 19.3 Å². The van der Waals surface area contributed by atoms with E-state index in [4.69, 9.17) is 5.11 Å². The van der Waals surface area contributed by atoms with Crippen LogP contribution >= 0.6 is 0 Å². The van der Waals surface area contributed by atoms with Crippen LogP contribution in [0.15, 0.2) is 24.3 Å². The molecule has 0 saturated heterocycles. The van der Waals surface area contributed by atoms with E-state index in [2.05, 4.69) is 5.32 Å². The van der Waals surface area contributed by atoms with Crippen molar-refractivity contribution in [1.82, 2.24) is 10.2 Å². The second kappa shape index (κ2) is 7.11. The number of urea groups is 1. The van der Waals surface area contributed by atoms with Crippen LogP contribution in [0.5, 0.6) is 0 Å². The van der Waals surface area contributed by atoms with Crippen LogP contribution in [0.1, 0.15) is 35.2 Å². The van der Waals surface area contributed by atoms with E-state index in [1.54, 1.807) is 30.1 Å². The Balaban J connectivity index is 1.81. The molecule has 1 aromatic rings. The van der Waals surface area contributed by atoms with Crippen LogP contribution in [0.4, 0.5) is 4.79 Å². The molecule has 21 heavy (non-hydrogen) atoms. The number of likely N-dealkylation sites (N-methyl/N-ethyl adjacent to an activating group) is 1. The first-order valence-electron chi connectivity index (χ1n) is 7.38. The number of carbonyl (C=O) groups is 2. The molecule has 0 aromatic heterocycles. The smallest absolute Gasteiger partial charge is 0.335 e. The maximum Gasteiger partial charge on any atom is 0.335 e. The molecule has 2 N–H and O–H groups in total. The lowest BCUT2D eigenvalue weighted by molar-refractivity contribution is 0.0695. The van der Waals surface area contributed by atoms with Crippen LogP contribution in [0.3, 0.4) is 0 Å². The highest BCUT2D eigenvalue weighted by Gasteiger charge is 2.19. The third kappa shape index (κ3) is 4.21. The Labute approximate surface area is 125 Å². The zero-order valence-corrected chi connectivity index (χ0v) is 12.3. The Hall–Kier alpha value is -2.04. The van der Waals surface area contributed by atoms with Crippen molar-refractivity contribution in [2.45, 2.75) is 25.7 Å². The van der Waals surface area contributed by atoms with Gasteiger partial charge in [-0.1, -0.05) is 24.6 Å². The van der Waals surface area contributed by atoms with Crippen LogP contribution in [0.2, 0.25) is 0 Å². The second-order valence-electron chi connectivity index (χ2n) is 5.62. The molecule has 0 unspecified atom stereocenters. The number of nitrogens with zero attached hydrogens (tertiary/aromatic N) is 1. The number of carbonyl (C=O) groups excluding carboxylic acids is 1. The van der Waals surface area contributed by atoms with Crippen molar-refractivity contribution < 1.29 is 14.7 Å². The van der Waals surface area contributed by atoms with E-state index < -0.39 is 5.97 Å². The highest BCUT2D eigenvalue weighted by molar-refractivity contribution is 5.89. The third-order valence-electron chi connectivity index (χ3n) is 4.08. The van der Waals surface area contributed by atoms with Gasteiger partial charge in [-0.05, 0) is 36.8 Å². The van der Waals surface area contributed by atoms with E-state index in [0.29, 0.717) is 24.4 Å². The van der Waals surface area contributed by atoms with Crippen molar-refractivity contribution in [3.63, 3.8) is 0 Å². The number of hydrogen-bond donors (Lipinski definition) is 2. The first-order chi connectivity index (χ1) is 10.1. The summed E-state index contributed by atoms with van der Waals surface area (Å²) >= 11 is 0. The SMILES string of the molecule is CN(CCc1ccccc1C(=O)O)C(=O)NCC1CCC1. The van der Waals surface area contributed by atoms with Crippen LogP contribution in [-0.4, -0.2) is 42.1 Å². The van der Waals surface area contributed by atoms with E-state index in [9.17, 15) is 9.59 Å². The quantitative estimate of drug-likeness (QED) is 0.845. The Morgan fingerprint density at radius 3 is 2.67 bits per heavy atom. The molecule has 1 aromatic carbocycles. The third-order valence-corrected chi connectivity index (χ3v) is 4.08. The fraction of sp³-hybridized carbons (Fsp3) is 0.500. The Kier molecular flexibility index (Phi) is 5.20. The normalized spacial score (nSPS) is 14.3. The minimum Gasteiger partial charge on any atom is -0.478 e. The van der Waals surface area contributed by atoms with Gasteiger partial charge in [0, 0.05) is 20.1 Å². The van der Waals surface area contributed by atoms with Crippen molar-refractivity contribution in [2.24, 2.45) is 5.92 Å². The number of aromatic carboxylic acids is 1. The fourth-order valence-electron chi connectivity index (χ4n) is 2.40. The molecular weight excluding hydrogens is 268 g/mol. The van der Waals surface area contributed by atoms with Gasteiger partial charge in [0.05, 0.1) is 5.56 Å². The number of carboxylic acid groups (broad SMARTS) is 1. The molecule has 5 heteroatoms. The van der Waals surface area contributed by atoms with Gasteiger partial charge >= 0.3 is 12.0 Å². The average Bonchev–Trinajstić information content (AvgIpc) is 2.43. The number of benzene rings is 1. The second-order valence-corrected chi connectivity index (χ2v) is 5.62.